The van der Waals surface area contributed by atoms with E-state index in [4.69, 9.17) is 9.47 Å². The molecule has 0 fully saturated rings. The summed E-state index contributed by atoms with van der Waals surface area (Å²) in [6.45, 7) is 0.102. The summed E-state index contributed by atoms with van der Waals surface area (Å²) < 4.78 is 39.1. The molecule has 1 aliphatic heterocycles. The van der Waals surface area contributed by atoms with Crippen LogP contribution in [0.15, 0.2) is 60.9 Å². The monoisotopic (exact) mass is 357 g/mol. The summed E-state index contributed by atoms with van der Waals surface area (Å²) in [6.07, 6.45) is -1.55. The lowest BCUT2D eigenvalue weighted by molar-refractivity contribution is -0.197. The number of halogens is 2. The molecule has 4 rings (SSSR count). The minimum absolute atomic E-state index is 0.0682. The van der Waals surface area contributed by atoms with Crippen LogP contribution in [0, 0.1) is 0 Å². The molecular weight excluding hydrogens is 344 g/mol. The maximum Gasteiger partial charge on any atom is 0.461 e. The molecule has 0 bridgehead atoms. The van der Waals surface area contributed by atoms with E-state index in [9.17, 15) is 13.6 Å². The highest BCUT2D eigenvalue weighted by Gasteiger charge is 2.44. The van der Waals surface area contributed by atoms with Crippen molar-refractivity contribution < 1.29 is 23.0 Å². The average molecular weight is 357 g/mol. The zero-order valence-corrected chi connectivity index (χ0v) is 13.4. The van der Waals surface area contributed by atoms with E-state index in [0.717, 1.165) is 5.56 Å². The molecule has 8 heteroatoms. The highest BCUT2D eigenvalue weighted by atomic mass is 19.3. The third-order valence-corrected chi connectivity index (χ3v) is 3.82. The highest BCUT2D eigenvalue weighted by Crippen LogP contribution is 2.41. The first-order chi connectivity index (χ1) is 12.5. The lowest BCUT2D eigenvalue weighted by atomic mass is 10.2. The Morgan fingerprint density at radius 2 is 2.04 bits per heavy atom. The lowest BCUT2D eigenvalue weighted by Gasteiger charge is -2.26. The normalized spacial score (nSPS) is 13.9. The lowest BCUT2D eigenvalue weighted by Crippen LogP contribution is -2.30. The number of aromatic nitrogens is 2. The largest absolute Gasteiger partial charge is 0.461 e. The Kier molecular flexibility index (Phi) is 3.80. The SMILES string of the molecule is O=C(Nc1ccc2c(c1)OC(F)(F)c1nccn1-2)OCc1ccccc1. The van der Waals surface area contributed by atoms with Crippen molar-refractivity contribution in [2.24, 2.45) is 0 Å². The minimum atomic E-state index is -3.55. The molecule has 0 saturated heterocycles. The van der Waals surface area contributed by atoms with Crippen molar-refractivity contribution in [2.45, 2.75) is 12.7 Å². The molecule has 1 N–H and O–H groups in total. The van der Waals surface area contributed by atoms with E-state index in [0.29, 0.717) is 5.69 Å². The van der Waals surface area contributed by atoms with Crippen molar-refractivity contribution >= 4 is 11.8 Å². The number of hydrogen-bond acceptors (Lipinski definition) is 4. The molecule has 2 heterocycles. The molecule has 2 aromatic carbocycles. The second-order valence-electron chi connectivity index (χ2n) is 5.61. The number of benzene rings is 2. The van der Waals surface area contributed by atoms with Crippen LogP contribution in [-0.2, 0) is 17.5 Å². The number of nitrogens with one attached hydrogen (secondary N) is 1. The number of imidazole rings is 1. The maximum atomic E-state index is 14.0. The molecule has 1 aromatic heterocycles. The van der Waals surface area contributed by atoms with Crippen LogP contribution in [0.3, 0.4) is 0 Å². The van der Waals surface area contributed by atoms with E-state index >= 15 is 0 Å². The number of carbonyl (C=O) groups excluding carboxylic acids is 1. The first-order valence-corrected chi connectivity index (χ1v) is 7.76. The molecule has 0 atom stereocenters. The molecule has 132 valence electrons. The standard InChI is InChI=1S/C18H13F2N3O3/c19-18(20)16-21-8-9-23(16)14-7-6-13(10-15(14)26-18)22-17(24)25-11-12-4-2-1-3-5-12/h1-10H,11H2,(H,22,24). The second kappa shape index (κ2) is 6.14. The zero-order valence-electron chi connectivity index (χ0n) is 13.4. The van der Waals surface area contributed by atoms with E-state index in [1.54, 1.807) is 12.1 Å². The predicted octanol–water partition coefficient (Wildman–Crippen LogP) is 4.06. The fourth-order valence-corrected chi connectivity index (χ4v) is 2.65. The number of anilines is 1. The summed E-state index contributed by atoms with van der Waals surface area (Å²) in [6, 6.07) is 13.6. The first-order valence-electron chi connectivity index (χ1n) is 7.76. The molecular formula is C18H13F2N3O3. The van der Waals surface area contributed by atoms with E-state index < -0.39 is 18.0 Å². The summed E-state index contributed by atoms with van der Waals surface area (Å²) >= 11 is 0. The van der Waals surface area contributed by atoms with Gasteiger partial charge in [0.25, 0.3) is 0 Å². The molecule has 0 aliphatic carbocycles. The van der Waals surface area contributed by atoms with Crippen LogP contribution < -0.4 is 10.1 Å². The zero-order chi connectivity index (χ0) is 18.1. The molecule has 6 nitrogen and oxygen atoms in total. The van der Waals surface area contributed by atoms with Gasteiger partial charge in [-0.15, -0.1) is 0 Å². The topological polar surface area (TPSA) is 65.4 Å². The van der Waals surface area contributed by atoms with Crippen molar-refractivity contribution in [2.75, 3.05) is 5.32 Å². The second-order valence-corrected chi connectivity index (χ2v) is 5.61. The van der Waals surface area contributed by atoms with Crippen molar-refractivity contribution in [1.29, 1.82) is 0 Å². The number of ether oxygens (including phenoxy) is 2. The number of amides is 1. The fraction of sp³-hybridized carbons (Fsp3) is 0.111. The molecule has 1 aliphatic rings. The van der Waals surface area contributed by atoms with Gasteiger partial charge in [0.2, 0.25) is 5.82 Å². The first kappa shape index (κ1) is 16.1. The number of nitrogens with zero attached hydrogens (tertiary/aromatic N) is 2. The van der Waals surface area contributed by atoms with Crippen molar-refractivity contribution in [3.63, 3.8) is 0 Å². The van der Waals surface area contributed by atoms with Crippen LogP contribution in [0.2, 0.25) is 0 Å². The van der Waals surface area contributed by atoms with Crippen LogP contribution in [0.5, 0.6) is 5.75 Å². The molecule has 3 aromatic rings. The number of rotatable bonds is 3. The van der Waals surface area contributed by atoms with Gasteiger partial charge < -0.3 is 9.47 Å². The summed E-state index contributed by atoms with van der Waals surface area (Å²) in [5.74, 6) is -0.561. The van der Waals surface area contributed by atoms with Crippen molar-refractivity contribution in [1.82, 2.24) is 9.55 Å². The highest BCUT2D eigenvalue weighted by molar-refractivity contribution is 5.85. The molecule has 0 radical (unpaired) electrons. The van der Waals surface area contributed by atoms with Crippen LogP contribution in [0.4, 0.5) is 19.3 Å². The van der Waals surface area contributed by atoms with Crippen LogP contribution in [0.1, 0.15) is 11.4 Å². The Morgan fingerprint density at radius 3 is 2.85 bits per heavy atom. The Bertz CT molecular complexity index is 957. The van der Waals surface area contributed by atoms with E-state index in [1.807, 2.05) is 30.3 Å². The van der Waals surface area contributed by atoms with E-state index in [-0.39, 0.29) is 18.0 Å². The number of alkyl halides is 2. The number of carbonyl (C=O) groups is 1. The fourth-order valence-electron chi connectivity index (χ4n) is 2.65. The van der Waals surface area contributed by atoms with Crippen LogP contribution in [-0.4, -0.2) is 15.6 Å². The predicted molar refractivity (Wildman–Crippen MR) is 88.3 cm³/mol. The number of hydrogen-bond donors (Lipinski definition) is 1. The van der Waals surface area contributed by atoms with Gasteiger partial charge in [0.15, 0.2) is 5.75 Å². The van der Waals surface area contributed by atoms with Gasteiger partial charge in [0.1, 0.15) is 6.61 Å². The van der Waals surface area contributed by atoms with Crippen LogP contribution >= 0.6 is 0 Å². The summed E-state index contributed by atoms with van der Waals surface area (Å²) in [4.78, 5) is 15.5. The molecule has 0 saturated carbocycles. The summed E-state index contributed by atoms with van der Waals surface area (Å²) in [5.41, 5.74) is 1.52. The molecule has 26 heavy (non-hydrogen) atoms. The Balaban J connectivity index is 1.49. The molecule has 0 spiro atoms. The summed E-state index contributed by atoms with van der Waals surface area (Å²) in [7, 11) is 0. The Labute approximate surface area is 147 Å². The van der Waals surface area contributed by atoms with Gasteiger partial charge in [-0.1, -0.05) is 30.3 Å². The van der Waals surface area contributed by atoms with Crippen LogP contribution in [0.25, 0.3) is 5.69 Å². The van der Waals surface area contributed by atoms with Gasteiger partial charge in [-0.3, -0.25) is 9.88 Å². The quantitative estimate of drug-likeness (QED) is 0.768. The van der Waals surface area contributed by atoms with Crippen molar-refractivity contribution in [3.8, 4) is 11.4 Å². The van der Waals surface area contributed by atoms with E-state index in [2.05, 4.69) is 10.3 Å². The van der Waals surface area contributed by atoms with Gasteiger partial charge >= 0.3 is 12.2 Å². The van der Waals surface area contributed by atoms with Gasteiger partial charge in [-0.05, 0) is 17.7 Å². The number of fused-ring (bicyclic) bond motifs is 3. The molecule has 0 unspecified atom stereocenters. The van der Waals surface area contributed by atoms with Gasteiger partial charge in [0, 0.05) is 24.1 Å². The summed E-state index contributed by atoms with van der Waals surface area (Å²) in [5, 5.41) is 2.50. The van der Waals surface area contributed by atoms with Gasteiger partial charge in [0.05, 0.1) is 5.69 Å². The smallest absolute Gasteiger partial charge is 0.444 e. The van der Waals surface area contributed by atoms with Crippen molar-refractivity contribution in [3.05, 3.63) is 72.3 Å². The Morgan fingerprint density at radius 1 is 1.23 bits per heavy atom. The molecule has 1 amide bonds. The van der Waals surface area contributed by atoms with Gasteiger partial charge in [-0.2, -0.15) is 8.78 Å². The third-order valence-electron chi connectivity index (χ3n) is 3.82. The van der Waals surface area contributed by atoms with Gasteiger partial charge in [-0.25, -0.2) is 9.78 Å². The Hall–Kier alpha value is -3.42. The maximum absolute atomic E-state index is 14.0. The third kappa shape index (κ3) is 2.97. The average Bonchev–Trinajstić information content (AvgIpc) is 3.12. The van der Waals surface area contributed by atoms with E-state index in [1.165, 1.54) is 23.0 Å². The minimum Gasteiger partial charge on any atom is -0.444 e.